The molecule has 2 amide bonds. The Balaban J connectivity index is 2.19. The van der Waals surface area contributed by atoms with Crippen molar-refractivity contribution in [1.82, 2.24) is 10.2 Å². The van der Waals surface area contributed by atoms with Crippen LogP contribution in [0.25, 0.3) is 0 Å². The quantitative estimate of drug-likeness (QED) is 0.637. The maximum Gasteiger partial charge on any atom is 0.242 e. The monoisotopic (exact) mass is 394 g/mol. The first kappa shape index (κ1) is 22.7. The normalized spacial score (nSPS) is 11.8. The molecule has 1 atom stereocenters. The zero-order chi connectivity index (χ0) is 21.4. The van der Waals surface area contributed by atoms with Crippen LogP contribution < -0.4 is 5.32 Å². The number of benzene rings is 2. The van der Waals surface area contributed by atoms with E-state index < -0.39 is 6.04 Å². The molecule has 0 radical (unpaired) electrons. The van der Waals surface area contributed by atoms with Gasteiger partial charge in [-0.2, -0.15) is 0 Å². The highest BCUT2D eigenvalue weighted by Gasteiger charge is 2.26. The van der Waals surface area contributed by atoms with Gasteiger partial charge in [0.05, 0.1) is 6.42 Å². The Kier molecular flexibility index (Phi) is 8.44. The summed E-state index contributed by atoms with van der Waals surface area (Å²) in [7, 11) is 0. The molecule has 1 N–H and O–H groups in total. The molecular weight excluding hydrogens is 360 g/mol. The van der Waals surface area contributed by atoms with E-state index in [0.717, 1.165) is 24.0 Å². The van der Waals surface area contributed by atoms with Crippen LogP contribution in [0.4, 0.5) is 0 Å². The minimum absolute atomic E-state index is 0.0352. The van der Waals surface area contributed by atoms with Crippen LogP contribution in [0.5, 0.6) is 0 Å². The van der Waals surface area contributed by atoms with Gasteiger partial charge in [-0.1, -0.05) is 61.4 Å². The van der Waals surface area contributed by atoms with E-state index in [2.05, 4.69) is 32.2 Å². The van der Waals surface area contributed by atoms with Crippen LogP contribution in [0.2, 0.25) is 0 Å². The fourth-order valence-electron chi connectivity index (χ4n) is 3.20. The smallest absolute Gasteiger partial charge is 0.242 e. The topological polar surface area (TPSA) is 49.4 Å². The number of unbranched alkanes of at least 4 members (excludes halogenated alkanes) is 1. The van der Waals surface area contributed by atoms with Gasteiger partial charge >= 0.3 is 0 Å². The summed E-state index contributed by atoms with van der Waals surface area (Å²) in [5.74, 6) is -0.133. The van der Waals surface area contributed by atoms with Gasteiger partial charge in [-0.05, 0) is 56.4 Å². The van der Waals surface area contributed by atoms with Crippen molar-refractivity contribution in [2.75, 3.05) is 6.54 Å². The second-order valence-electron chi connectivity index (χ2n) is 7.92. The van der Waals surface area contributed by atoms with Crippen LogP contribution >= 0.6 is 0 Å². The number of nitrogens with one attached hydrogen (secondary N) is 1. The van der Waals surface area contributed by atoms with E-state index in [1.807, 2.05) is 50.2 Å². The molecule has 4 nitrogen and oxygen atoms in total. The minimum atomic E-state index is -0.521. The van der Waals surface area contributed by atoms with Gasteiger partial charge in [0, 0.05) is 13.1 Å². The lowest BCUT2D eigenvalue weighted by Crippen LogP contribution is -2.48. The molecule has 2 rings (SSSR count). The number of nitrogens with zero attached hydrogens (tertiary/aromatic N) is 1. The molecule has 29 heavy (non-hydrogen) atoms. The van der Waals surface area contributed by atoms with Crippen molar-refractivity contribution in [3.63, 3.8) is 0 Å². The Hall–Kier alpha value is -2.62. The third-order valence-corrected chi connectivity index (χ3v) is 5.40. The Morgan fingerprint density at radius 2 is 1.62 bits per heavy atom. The summed E-state index contributed by atoms with van der Waals surface area (Å²) in [6.07, 6.45) is 2.25. The summed E-state index contributed by atoms with van der Waals surface area (Å²) in [4.78, 5) is 27.6. The van der Waals surface area contributed by atoms with E-state index >= 15 is 0 Å². The van der Waals surface area contributed by atoms with Gasteiger partial charge in [-0.25, -0.2) is 0 Å². The van der Waals surface area contributed by atoms with E-state index in [4.69, 9.17) is 0 Å². The molecule has 0 bridgehead atoms. The van der Waals surface area contributed by atoms with Crippen molar-refractivity contribution in [2.24, 2.45) is 0 Å². The van der Waals surface area contributed by atoms with Gasteiger partial charge in [-0.3, -0.25) is 9.59 Å². The van der Waals surface area contributed by atoms with Crippen molar-refractivity contribution in [3.8, 4) is 0 Å². The van der Waals surface area contributed by atoms with Crippen LogP contribution in [0.3, 0.4) is 0 Å². The number of hydrogen-bond donors (Lipinski definition) is 1. The third kappa shape index (κ3) is 6.74. The molecule has 0 saturated heterocycles. The average molecular weight is 395 g/mol. The number of carbonyl (C=O) groups is 2. The fraction of sp³-hybridized carbons (Fsp3) is 0.440. The lowest BCUT2D eigenvalue weighted by Gasteiger charge is -2.29. The van der Waals surface area contributed by atoms with E-state index in [1.54, 1.807) is 4.90 Å². The summed E-state index contributed by atoms with van der Waals surface area (Å²) in [6, 6.07) is 13.7. The maximum atomic E-state index is 13.2. The highest BCUT2D eigenvalue weighted by Crippen LogP contribution is 2.15. The molecule has 0 aliphatic carbocycles. The first-order valence-electron chi connectivity index (χ1n) is 10.5. The van der Waals surface area contributed by atoms with Crippen LogP contribution in [-0.2, 0) is 22.6 Å². The molecule has 0 saturated carbocycles. The Labute approximate surface area is 175 Å². The van der Waals surface area contributed by atoms with Crippen molar-refractivity contribution >= 4 is 11.8 Å². The Morgan fingerprint density at radius 1 is 0.966 bits per heavy atom. The summed E-state index contributed by atoms with van der Waals surface area (Å²) >= 11 is 0. The molecule has 1 unspecified atom stereocenters. The highest BCUT2D eigenvalue weighted by atomic mass is 16.2. The standard InChI is InChI=1S/C25H34N2O2/c1-6-7-14-26-25(29)21(5)27(17-22-11-8-18(2)9-12-22)24(28)16-23-13-10-19(3)20(4)15-23/h8-13,15,21H,6-7,14,16-17H2,1-5H3,(H,26,29). The third-order valence-electron chi connectivity index (χ3n) is 5.40. The predicted octanol–water partition coefficient (Wildman–Crippen LogP) is 4.49. The summed E-state index contributed by atoms with van der Waals surface area (Å²) < 4.78 is 0. The first-order chi connectivity index (χ1) is 13.8. The van der Waals surface area contributed by atoms with Gasteiger partial charge in [0.2, 0.25) is 11.8 Å². The SMILES string of the molecule is CCCCNC(=O)C(C)N(Cc1ccc(C)cc1)C(=O)Cc1ccc(C)c(C)c1. The number of aryl methyl sites for hydroxylation is 3. The van der Waals surface area contributed by atoms with E-state index in [-0.39, 0.29) is 11.8 Å². The van der Waals surface area contributed by atoms with Crippen molar-refractivity contribution in [1.29, 1.82) is 0 Å². The van der Waals surface area contributed by atoms with E-state index in [1.165, 1.54) is 16.7 Å². The lowest BCUT2D eigenvalue weighted by atomic mass is 10.0. The first-order valence-corrected chi connectivity index (χ1v) is 10.5. The van der Waals surface area contributed by atoms with Gasteiger partial charge in [0.1, 0.15) is 6.04 Å². The molecule has 156 valence electrons. The molecule has 0 aliphatic heterocycles. The molecule has 0 fully saturated rings. The van der Waals surface area contributed by atoms with Crippen LogP contribution in [0.15, 0.2) is 42.5 Å². The molecular formula is C25H34N2O2. The van der Waals surface area contributed by atoms with Crippen molar-refractivity contribution in [3.05, 3.63) is 70.3 Å². The average Bonchev–Trinajstić information content (AvgIpc) is 2.69. The van der Waals surface area contributed by atoms with E-state index in [0.29, 0.717) is 19.5 Å². The number of carbonyl (C=O) groups excluding carboxylic acids is 2. The Bertz CT molecular complexity index is 827. The van der Waals surface area contributed by atoms with Gasteiger partial charge < -0.3 is 10.2 Å². The predicted molar refractivity (Wildman–Crippen MR) is 119 cm³/mol. The fourth-order valence-corrected chi connectivity index (χ4v) is 3.20. The minimum Gasteiger partial charge on any atom is -0.354 e. The summed E-state index contributed by atoms with van der Waals surface area (Å²) in [5.41, 5.74) is 5.56. The molecule has 2 aromatic carbocycles. The van der Waals surface area contributed by atoms with Crippen LogP contribution in [0.1, 0.15) is 54.5 Å². The van der Waals surface area contributed by atoms with Crippen LogP contribution in [-0.4, -0.2) is 29.3 Å². The zero-order valence-electron chi connectivity index (χ0n) is 18.4. The molecule has 0 spiro atoms. The second kappa shape index (κ2) is 10.8. The number of hydrogen-bond acceptors (Lipinski definition) is 2. The zero-order valence-corrected chi connectivity index (χ0v) is 18.4. The largest absolute Gasteiger partial charge is 0.354 e. The van der Waals surface area contributed by atoms with Crippen molar-refractivity contribution < 1.29 is 9.59 Å². The molecule has 0 aliphatic rings. The van der Waals surface area contributed by atoms with Gasteiger partial charge in [0.15, 0.2) is 0 Å². The molecule has 0 heterocycles. The second-order valence-corrected chi connectivity index (χ2v) is 7.92. The summed E-state index contributed by atoms with van der Waals surface area (Å²) in [6.45, 7) is 11.1. The van der Waals surface area contributed by atoms with Gasteiger partial charge in [0.25, 0.3) is 0 Å². The molecule has 4 heteroatoms. The lowest BCUT2D eigenvalue weighted by molar-refractivity contribution is -0.140. The molecule has 0 aromatic heterocycles. The maximum absolute atomic E-state index is 13.2. The van der Waals surface area contributed by atoms with E-state index in [9.17, 15) is 9.59 Å². The molecule has 2 aromatic rings. The number of amides is 2. The Morgan fingerprint density at radius 3 is 2.24 bits per heavy atom. The highest BCUT2D eigenvalue weighted by molar-refractivity contribution is 5.88. The van der Waals surface area contributed by atoms with Crippen molar-refractivity contribution in [2.45, 2.75) is 66.5 Å². The summed E-state index contributed by atoms with van der Waals surface area (Å²) in [5, 5.41) is 2.96. The van der Waals surface area contributed by atoms with Gasteiger partial charge in [-0.15, -0.1) is 0 Å². The van der Waals surface area contributed by atoms with Crippen LogP contribution in [0, 0.1) is 20.8 Å². The number of rotatable bonds is 9.